The van der Waals surface area contributed by atoms with Crippen LogP contribution >= 0.6 is 11.3 Å². The van der Waals surface area contributed by atoms with E-state index in [1.54, 1.807) is 16.6 Å². The number of benzene rings is 1. The van der Waals surface area contributed by atoms with Gasteiger partial charge < -0.3 is 14.7 Å². The molecule has 9 rings (SSSR count). The third-order valence-corrected chi connectivity index (χ3v) is 9.52. The van der Waals surface area contributed by atoms with Gasteiger partial charge >= 0.3 is 5.76 Å². The van der Waals surface area contributed by atoms with Gasteiger partial charge in [0, 0.05) is 38.1 Å². The fraction of sp³-hybridized carbons (Fsp3) is 0.321. The van der Waals surface area contributed by atoms with Gasteiger partial charge in [0.2, 0.25) is 0 Å². The summed E-state index contributed by atoms with van der Waals surface area (Å²) in [5.74, 6) is 0.0980. The first-order valence-electron chi connectivity index (χ1n) is 13.5. The van der Waals surface area contributed by atoms with Crippen LogP contribution in [0, 0.1) is 5.92 Å². The Hall–Kier alpha value is -4.29. The molecule has 1 aliphatic carbocycles. The Balaban J connectivity index is 1.07. The Kier molecular flexibility index (Phi) is 5.23. The van der Waals surface area contributed by atoms with Gasteiger partial charge in [-0.25, -0.2) is 9.31 Å². The van der Waals surface area contributed by atoms with Crippen molar-refractivity contribution in [3.05, 3.63) is 63.1 Å². The van der Waals surface area contributed by atoms with E-state index in [1.807, 2.05) is 18.3 Å². The molecule has 3 fully saturated rings. The molecule has 2 saturated heterocycles. The zero-order chi connectivity index (χ0) is 27.0. The van der Waals surface area contributed by atoms with Crippen molar-refractivity contribution in [2.45, 2.75) is 31.7 Å². The number of aromatic nitrogens is 5. The smallest absolute Gasteiger partial charge is 0.408 e. The van der Waals surface area contributed by atoms with Gasteiger partial charge in [-0.1, -0.05) is 0 Å². The van der Waals surface area contributed by atoms with Crippen LogP contribution in [0.15, 0.2) is 50.7 Å². The lowest BCUT2D eigenvalue weighted by Crippen LogP contribution is -2.50. The topological polar surface area (TPSA) is 141 Å². The summed E-state index contributed by atoms with van der Waals surface area (Å²) in [6, 6.07) is 7.75. The summed E-state index contributed by atoms with van der Waals surface area (Å²) in [5, 5.41) is 8.14. The first kappa shape index (κ1) is 23.6. The summed E-state index contributed by atoms with van der Waals surface area (Å²) < 4.78 is 6.77. The number of fused-ring (bicyclic) bond motifs is 9. The largest absolute Gasteiger partial charge is 0.417 e. The monoisotopic (exact) mass is 555 g/mol. The highest BCUT2D eigenvalue weighted by Gasteiger charge is 2.33. The minimum atomic E-state index is -0.505. The van der Waals surface area contributed by atoms with E-state index < -0.39 is 5.76 Å². The number of aromatic amines is 2. The minimum absolute atomic E-state index is 0.205. The predicted molar refractivity (Wildman–Crippen MR) is 152 cm³/mol. The maximum Gasteiger partial charge on any atom is 0.417 e. The van der Waals surface area contributed by atoms with E-state index in [9.17, 15) is 14.4 Å². The van der Waals surface area contributed by atoms with Crippen molar-refractivity contribution in [1.82, 2.24) is 34.8 Å². The molecular formula is C28H25N7O4S. The van der Waals surface area contributed by atoms with Crippen LogP contribution in [0.3, 0.4) is 0 Å². The van der Waals surface area contributed by atoms with Crippen molar-refractivity contribution >= 4 is 55.1 Å². The molecule has 1 saturated carbocycles. The molecule has 0 radical (unpaired) electrons. The van der Waals surface area contributed by atoms with Gasteiger partial charge in [-0.15, -0.1) is 11.3 Å². The highest BCUT2D eigenvalue weighted by molar-refractivity contribution is 7.21. The third kappa shape index (κ3) is 3.78. The quantitative estimate of drug-likeness (QED) is 0.296. The second-order valence-corrected chi connectivity index (χ2v) is 11.8. The van der Waals surface area contributed by atoms with Crippen LogP contribution in [0.25, 0.3) is 48.3 Å². The van der Waals surface area contributed by atoms with E-state index in [2.05, 4.69) is 30.3 Å². The zero-order valence-corrected chi connectivity index (χ0v) is 22.2. The Morgan fingerprint density at radius 1 is 1.10 bits per heavy atom. The summed E-state index contributed by atoms with van der Waals surface area (Å²) in [5.41, 5.74) is 3.55. The maximum absolute atomic E-state index is 13.2. The molecule has 5 aromatic heterocycles. The Morgan fingerprint density at radius 3 is 2.80 bits per heavy atom. The lowest BCUT2D eigenvalue weighted by Gasteiger charge is -2.45. The fourth-order valence-electron chi connectivity index (χ4n) is 6.37. The molecule has 1 aromatic carbocycles. The molecule has 0 atom stereocenters. The Bertz CT molecular complexity index is 2080. The van der Waals surface area contributed by atoms with Gasteiger partial charge in [-0.05, 0) is 61.4 Å². The second kappa shape index (κ2) is 8.86. The van der Waals surface area contributed by atoms with E-state index in [0.29, 0.717) is 56.0 Å². The first-order valence-corrected chi connectivity index (χ1v) is 14.3. The van der Waals surface area contributed by atoms with Crippen LogP contribution in [-0.4, -0.2) is 61.0 Å². The average molecular weight is 556 g/mol. The van der Waals surface area contributed by atoms with E-state index in [-0.39, 0.29) is 11.5 Å². The fourth-order valence-corrected chi connectivity index (χ4v) is 7.46. The highest BCUT2D eigenvalue weighted by atomic mass is 32.1. The standard InChI is InChI=1S/C28H25N7O4S/c36-25(29-7-8-34-12-14-1-4-17(34)5-2-14)16-10-19-23(30-11-16)24-22(26(37)31-19)27-35(33-24)13-21(40-27)15-3-6-20-18(9-15)32-28(38)39-20/h3,6,9-11,13-14,17H,1-2,4-5,7-8,12H2,(H,29,36)(H,31,37)(H,32,38). The van der Waals surface area contributed by atoms with Crippen molar-refractivity contribution in [2.24, 2.45) is 5.92 Å². The number of nitrogens with zero attached hydrogens (tertiary/aromatic N) is 4. The van der Waals surface area contributed by atoms with E-state index in [4.69, 9.17) is 4.42 Å². The zero-order valence-electron chi connectivity index (χ0n) is 21.4. The number of pyridine rings is 2. The van der Waals surface area contributed by atoms with Crippen molar-refractivity contribution in [3.8, 4) is 10.4 Å². The summed E-state index contributed by atoms with van der Waals surface area (Å²) in [4.78, 5) is 51.8. The summed E-state index contributed by atoms with van der Waals surface area (Å²) in [6.45, 7) is 2.57. The van der Waals surface area contributed by atoms with Crippen LogP contribution < -0.4 is 16.6 Å². The van der Waals surface area contributed by atoms with Gasteiger partial charge in [-0.2, -0.15) is 5.10 Å². The van der Waals surface area contributed by atoms with Crippen molar-refractivity contribution in [1.29, 1.82) is 0 Å². The van der Waals surface area contributed by atoms with Gasteiger partial charge in [0.1, 0.15) is 21.3 Å². The molecule has 2 bridgehead atoms. The van der Waals surface area contributed by atoms with Crippen LogP contribution in [-0.2, 0) is 0 Å². The molecule has 1 amide bonds. The minimum Gasteiger partial charge on any atom is -0.408 e. The third-order valence-electron chi connectivity index (χ3n) is 8.38. The number of oxazole rings is 1. The first-order chi connectivity index (χ1) is 19.5. The molecular weight excluding hydrogens is 530 g/mol. The molecule has 7 heterocycles. The van der Waals surface area contributed by atoms with Gasteiger partial charge in [0.05, 0.1) is 21.5 Å². The molecule has 6 aromatic rings. The number of carbonyl (C=O) groups excluding carboxylic acids is 1. The summed E-state index contributed by atoms with van der Waals surface area (Å²) >= 11 is 1.42. The molecule has 40 heavy (non-hydrogen) atoms. The van der Waals surface area contributed by atoms with Crippen LogP contribution in [0.5, 0.6) is 0 Å². The number of carbonyl (C=O) groups is 1. The maximum atomic E-state index is 13.2. The molecule has 202 valence electrons. The number of rotatable bonds is 5. The van der Waals surface area contributed by atoms with Crippen LogP contribution in [0.2, 0.25) is 0 Å². The number of amides is 1. The molecule has 2 aliphatic heterocycles. The number of hydrogen-bond acceptors (Lipinski definition) is 8. The van der Waals surface area contributed by atoms with Gasteiger partial charge in [-0.3, -0.25) is 24.5 Å². The average Bonchev–Trinajstić information content (AvgIpc) is 3.65. The molecule has 0 spiro atoms. The van der Waals surface area contributed by atoms with Crippen molar-refractivity contribution in [2.75, 3.05) is 19.6 Å². The number of nitrogens with one attached hydrogen (secondary N) is 3. The predicted octanol–water partition coefficient (Wildman–Crippen LogP) is 3.49. The molecule has 3 N–H and O–H groups in total. The normalized spacial score (nSPS) is 19.4. The van der Waals surface area contributed by atoms with Crippen molar-refractivity contribution in [3.63, 3.8) is 0 Å². The van der Waals surface area contributed by atoms with Crippen LogP contribution in [0.1, 0.15) is 36.0 Å². The number of thiazole rings is 1. The number of hydrogen-bond donors (Lipinski definition) is 3. The number of piperidine rings is 2. The van der Waals surface area contributed by atoms with E-state index in [0.717, 1.165) is 29.4 Å². The summed E-state index contributed by atoms with van der Waals surface area (Å²) in [7, 11) is 0. The highest BCUT2D eigenvalue weighted by Crippen LogP contribution is 2.35. The molecule has 11 nitrogen and oxygen atoms in total. The van der Waals surface area contributed by atoms with E-state index >= 15 is 0 Å². The molecule has 12 heteroatoms. The molecule has 3 aliphatic rings. The SMILES string of the molecule is O=C(NCCN1CC2CCC1CC2)c1cnc2c(c1)[nH]c(=O)c1c2nn2cc(-c3ccc4oc(=O)[nH]c4c3)sc12. The van der Waals surface area contributed by atoms with Gasteiger partial charge in [0.15, 0.2) is 5.58 Å². The van der Waals surface area contributed by atoms with E-state index in [1.165, 1.54) is 43.2 Å². The summed E-state index contributed by atoms with van der Waals surface area (Å²) in [6.07, 6.45) is 8.60. The Labute approximate surface area is 229 Å². The Morgan fingerprint density at radius 2 is 1.98 bits per heavy atom. The van der Waals surface area contributed by atoms with Crippen LogP contribution in [0.4, 0.5) is 0 Å². The number of H-pyrrole nitrogens is 2. The lowest BCUT2D eigenvalue weighted by molar-refractivity contribution is 0.0494. The van der Waals surface area contributed by atoms with Crippen molar-refractivity contribution < 1.29 is 9.21 Å². The second-order valence-electron chi connectivity index (χ2n) is 10.8. The lowest BCUT2D eigenvalue weighted by atomic mass is 9.80. The molecule has 0 unspecified atom stereocenters. The van der Waals surface area contributed by atoms with Gasteiger partial charge in [0.25, 0.3) is 11.5 Å².